The molecule has 0 nitrogen and oxygen atoms in total. The van der Waals surface area contributed by atoms with Crippen molar-refractivity contribution in [1.82, 2.24) is 0 Å². The Kier molecular flexibility index (Phi) is 13.7. The van der Waals surface area contributed by atoms with Crippen molar-refractivity contribution in [3.63, 3.8) is 0 Å². The predicted octanol–water partition coefficient (Wildman–Crippen LogP) is 2.94. The number of hydrogen-bond donors (Lipinski definition) is 0. The van der Waals surface area contributed by atoms with Crippen molar-refractivity contribution in [3.05, 3.63) is 35.4 Å². The summed E-state index contributed by atoms with van der Waals surface area (Å²) in [7, 11) is 0. The average Bonchev–Trinajstić information content (AvgIpc) is 1.64. The third-order valence-corrected chi connectivity index (χ3v) is 1.09. The maximum atomic E-state index is 3.17. The van der Waals surface area contributed by atoms with Crippen LogP contribution >= 0.6 is 24.8 Å². The quantitative estimate of drug-likeness (QED) is 0.471. The van der Waals surface area contributed by atoms with Gasteiger partial charge in [-0.3, -0.25) is 0 Å². The zero-order valence-corrected chi connectivity index (χ0v) is 9.74. The van der Waals surface area contributed by atoms with E-state index in [4.69, 9.17) is 0 Å². The van der Waals surface area contributed by atoms with Crippen LogP contribution in [0.15, 0.2) is 18.2 Å². The van der Waals surface area contributed by atoms with Gasteiger partial charge in [0, 0.05) is 21.7 Å². The van der Waals surface area contributed by atoms with Gasteiger partial charge in [0.25, 0.3) is 0 Å². The van der Waals surface area contributed by atoms with Crippen LogP contribution in [0.25, 0.3) is 0 Å². The summed E-state index contributed by atoms with van der Waals surface area (Å²) in [6.45, 7) is 4.10. The Morgan fingerprint density at radius 2 is 1.36 bits per heavy atom. The maximum absolute atomic E-state index is 3.17. The van der Waals surface area contributed by atoms with Crippen molar-refractivity contribution in [2.24, 2.45) is 0 Å². The molecular weight excluding hydrogens is 215 g/mol. The fourth-order valence-corrected chi connectivity index (χ4v) is 0.731. The molecule has 0 aliphatic rings. The summed E-state index contributed by atoms with van der Waals surface area (Å²) in [5.74, 6) is 0. The van der Waals surface area contributed by atoms with Crippen LogP contribution in [0.2, 0.25) is 0 Å². The van der Waals surface area contributed by atoms with Gasteiger partial charge in [-0.25, -0.2) is 0 Å². The van der Waals surface area contributed by atoms with Crippen molar-refractivity contribution in [2.45, 2.75) is 13.8 Å². The summed E-state index contributed by atoms with van der Waals surface area (Å²) in [4.78, 5) is 0. The minimum atomic E-state index is 0. The smallest absolute Gasteiger partial charge is 0 e. The topological polar surface area (TPSA) is 0 Å². The van der Waals surface area contributed by atoms with Gasteiger partial charge in [-0.05, 0) is 0 Å². The molecule has 0 saturated carbocycles. The first-order valence-electron chi connectivity index (χ1n) is 2.74. The zero-order chi connectivity index (χ0) is 5.98. The van der Waals surface area contributed by atoms with Gasteiger partial charge >= 0.3 is 0 Å². The molecule has 1 aromatic rings. The molecule has 0 atom stereocenters. The zero-order valence-electron chi connectivity index (χ0n) is 6.55. The first-order valence-corrected chi connectivity index (χ1v) is 2.74. The Morgan fingerprint density at radius 3 is 1.55 bits per heavy atom. The molecule has 0 aromatic heterocycles. The minimum Gasteiger partial charge on any atom is -0.177 e. The van der Waals surface area contributed by atoms with Crippen molar-refractivity contribution in [1.29, 1.82) is 0 Å². The molecule has 0 heterocycles. The van der Waals surface area contributed by atoms with Crippen LogP contribution in [0.3, 0.4) is 0 Å². The molecule has 0 radical (unpaired) electrons. The van der Waals surface area contributed by atoms with Crippen LogP contribution in [-0.2, 0) is 21.7 Å². The van der Waals surface area contributed by atoms with E-state index in [0.29, 0.717) is 0 Å². The van der Waals surface area contributed by atoms with E-state index in [0.717, 1.165) is 0 Å². The van der Waals surface area contributed by atoms with E-state index in [9.17, 15) is 0 Å². The van der Waals surface area contributed by atoms with Gasteiger partial charge in [0.2, 0.25) is 0 Å². The Labute approximate surface area is 95.5 Å². The SMILES string of the molecule is Cc1[c-]c(C)ccc1.Cl.Cl.[Ti]. The minimum absolute atomic E-state index is 0. The van der Waals surface area contributed by atoms with Gasteiger partial charge in [0.1, 0.15) is 0 Å². The van der Waals surface area contributed by atoms with Crippen LogP contribution in [0, 0.1) is 19.9 Å². The second-order valence-electron chi connectivity index (χ2n) is 2.02. The number of rotatable bonds is 0. The van der Waals surface area contributed by atoms with Crippen LogP contribution in [-0.4, -0.2) is 0 Å². The number of hydrogen-bond acceptors (Lipinski definition) is 0. The summed E-state index contributed by atoms with van der Waals surface area (Å²) in [6, 6.07) is 9.31. The summed E-state index contributed by atoms with van der Waals surface area (Å²) in [5.41, 5.74) is 2.43. The molecular formula is C8H11Cl2Ti-. The Balaban J connectivity index is -0.000000213. The number of benzene rings is 1. The summed E-state index contributed by atoms with van der Waals surface area (Å²) in [5, 5.41) is 0. The van der Waals surface area contributed by atoms with E-state index in [2.05, 4.69) is 6.07 Å². The first-order chi connectivity index (χ1) is 3.79. The Hall–Kier alpha value is 0.514. The fourth-order valence-electron chi connectivity index (χ4n) is 0.731. The molecule has 0 N–H and O–H groups in total. The van der Waals surface area contributed by atoms with Crippen LogP contribution in [0.4, 0.5) is 0 Å². The molecule has 11 heavy (non-hydrogen) atoms. The molecule has 0 saturated heterocycles. The summed E-state index contributed by atoms with van der Waals surface area (Å²) < 4.78 is 0. The van der Waals surface area contributed by atoms with Crippen molar-refractivity contribution >= 4 is 24.8 Å². The largest absolute Gasteiger partial charge is 0.177 e. The predicted molar refractivity (Wildman–Crippen MR) is 49.2 cm³/mol. The molecule has 0 spiro atoms. The average molecular weight is 226 g/mol. The van der Waals surface area contributed by atoms with E-state index in [1.54, 1.807) is 0 Å². The van der Waals surface area contributed by atoms with Gasteiger partial charge in [-0.1, -0.05) is 13.8 Å². The maximum Gasteiger partial charge on any atom is 0 e. The molecule has 0 unspecified atom stereocenters. The van der Waals surface area contributed by atoms with Crippen molar-refractivity contribution in [3.8, 4) is 0 Å². The van der Waals surface area contributed by atoms with Gasteiger partial charge < -0.3 is 0 Å². The van der Waals surface area contributed by atoms with E-state index in [-0.39, 0.29) is 46.5 Å². The van der Waals surface area contributed by atoms with E-state index in [1.807, 2.05) is 32.0 Å². The fraction of sp³-hybridized carbons (Fsp3) is 0.250. The van der Waals surface area contributed by atoms with Gasteiger partial charge in [0.15, 0.2) is 0 Å². The second kappa shape index (κ2) is 8.61. The Bertz CT molecular complexity index is 172. The third kappa shape index (κ3) is 6.89. The normalized spacial score (nSPS) is 6.73. The van der Waals surface area contributed by atoms with E-state index >= 15 is 0 Å². The molecule has 1 rings (SSSR count). The third-order valence-electron chi connectivity index (χ3n) is 1.09. The summed E-state index contributed by atoms with van der Waals surface area (Å²) >= 11 is 0. The molecule has 1 aromatic carbocycles. The molecule has 0 aliphatic carbocycles. The number of aryl methyl sites for hydroxylation is 2. The molecule has 0 amide bonds. The molecule has 62 valence electrons. The molecule has 0 bridgehead atoms. The van der Waals surface area contributed by atoms with E-state index in [1.165, 1.54) is 11.1 Å². The number of halogens is 2. The molecule has 0 fully saturated rings. The molecule has 0 aliphatic heterocycles. The van der Waals surface area contributed by atoms with E-state index < -0.39 is 0 Å². The van der Waals surface area contributed by atoms with Crippen molar-refractivity contribution in [2.75, 3.05) is 0 Å². The van der Waals surface area contributed by atoms with Gasteiger partial charge in [-0.2, -0.15) is 35.4 Å². The molecule has 3 heteroatoms. The van der Waals surface area contributed by atoms with Crippen molar-refractivity contribution < 1.29 is 21.7 Å². The first kappa shape index (κ1) is 17.6. The van der Waals surface area contributed by atoms with Crippen LogP contribution in [0.5, 0.6) is 0 Å². The second-order valence-corrected chi connectivity index (χ2v) is 2.02. The monoisotopic (exact) mass is 225 g/mol. The van der Waals surface area contributed by atoms with Crippen LogP contribution in [0.1, 0.15) is 11.1 Å². The Morgan fingerprint density at radius 1 is 1.00 bits per heavy atom. The standard InChI is InChI=1S/C8H9.2ClH.Ti/c1-7-4-3-5-8(2)6-7;;;/h3-5H,1-2H3;2*1H;/q-1;;;. The van der Waals surface area contributed by atoms with Gasteiger partial charge in [-0.15, -0.1) is 24.8 Å². The van der Waals surface area contributed by atoms with Gasteiger partial charge in [0.05, 0.1) is 0 Å². The van der Waals surface area contributed by atoms with Crippen LogP contribution < -0.4 is 0 Å². The summed E-state index contributed by atoms with van der Waals surface area (Å²) in [6.07, 6.45) is 0.